The molecule has 1 unspecified atom stereocenters. The zero-order chi connectivity index (χ0) is 22.7. The van der Waals surface area contributed by atoms with Crippen molar-refractivity contribution in [1.82, 2.24) is 0 Å². The molecule has 0 bridgehead atoms. The van der Waals surface area contributed by atoms with Crippen LogP contribution in [0.5, 0.6) is 0 Å². The zero-order valence-electron chi connectivity index (χ0n) is 20.4. The minimum atomic E-state index is -2.02. The fraction of sp³-hybridized carbons (Fsp3) is 0.750. The molecule has 0 amide bonds. The molecule has 0 N–H and O–H groups in total. The van der Waals surface area contributed by atoms with Crippen molar-refractivity contribution < 1.29 is 18.8 Å². The van der Waals surface area contributed by atoms with Gasteiger partial charge < -0.3 is 9.16 Å². The number of esters is 1. The fourth-order valence-electron chi connectivity index (χ4n) is 4.56. The standard InChI is InChI=1S/C24H42O4Si/c1-15(2)22-20(25)12-19(13-21(22)28-23(26)24(9,10)11)14-27-29(16(3)4,17(5)6)18(7)8/h13,16-19H,12,14H2,1-11H3. The minimum Gasteiger partial charge on any atom is -0.426 e. The maximum atomic E-state index is 12.9. The van der Waals surface area contributed by atoms with Gasteiger partial charge in [-0.2, -0.15) is 0 Å². The molecular weight excluding hydrogens is 380 g/mol. The van der Waals surface area contributed by atoms with E-state index in [0.29, 0.717) is 41.0 Å². The summed E-state index contributed by atoms with van der Waals surface area (Å²) in [5.74, 6) is 0.0352. The first-order valence-corrected chi connectivity index (χ1v) is 13.1. The molecule has 0 aromatic heterocycles. The molecule has 5 heteroatoms. The van der Waals surface area contributed by atoms with Crippen LogP contribution in [-0.2, 0) is 18.8 Å². The summed E-state index contributed by atoms with van der Waals surface area (Å²) in [4.78, 5) is 25.4. The lowest BCUT2D eigenvalue weighted by molar-refractivity contribution is -0.148. The number of ether oxygens (including phenoxy) is 1. The van der Waals surface area contributed by atoms with Gasteiger partial charge in [0, 0.05) is 18.9 Å². The Labute approximate surface area is 179 Å². The van der Waals surface area contributed by atoms with Crippen molar-refractivity contribution in [3.63, 3.8) is 0 Å². The van der Waals surface area contributed by atoms with Crippen molar-refractivity contribution in [2.45, 2.75) is 99.2 Å². The molecule has 0 fully saturated rings. The van der Waals surface area contributed by atoms with Gasteiger partial charge in [-0.25, -0.2) is 0 Å². The molecule has 166 valence electrons. The molecule has 1 aliphatic rings. The summed E-state index contributed by atoms with van der Waals surface area (Å²) in [5, 5.41) is 0. The largest absolute Gasteiger partial charge is 0.426 e. The average molecular weight is 423 g/mol. The van der Waals surface area contributed by atoms with Crippen LogP contribution in [0.25, 0.3) is 0 Å². The van der Waals surface area contributed by atoms with Gasteiger partial charge in [-0.1, -0.05) is 47.1 Å². The maximum Gasteiger partial charge on any atom is 0.316 e. The number of allylic oxidation sites excluding steroid dienone is 2. The predicted octanol–water partition coefficient (Wildman–Crippen LogP) is 6.58. The third-order valence-corrected chi connectivity index (χ3v) is 12.0. The second-order valence-electron chi connectivity index (χ2n) is 10.6. The van der Waals surface area contributed by atoms with E-state index in [1.165, 1.54) is 0 Å². The Morgan fingerprint density at radius 2 is 1.55 bits per heavy atom. The molecule has 0 aliphatic heterocycles. The summed E-state index contributed by atoms with van der Waals surface area (Å²) in [5.41, 5.74) is 2.23. The summed E-state index contributed by atoms with van der Waals surface area (Å²) < 4.78 is 12.4. The number of hydrogen-bond donors (Lipinski definition) is 0. The number of Topliss-reactive ketones (excluding diaryl/α,β-unsaturated/α-hetero) is 1. The molecule has 0 heterocycles. The van der Waals surface area contributed by atoms with E-state index in [1.54, 1.807) is 0 Å². The maximum absolute atomic E-state index is 12.9. The van der Waals surface area contributed by atoms with E-state index in [-0.39, 0.29) is 17.7 Å². The van der Waals surface area contributed by atoms with Crippen LogP contribution in [0, 0.1) is 11.3 Å². The van der Waals surface area contributed by atoms with Crippen LogP contribution in [0.1, 0.15) is 82.6 Å². The molecule has 4 nitrogen and oxygen atoms in total. The molecule has 0 aromatic rings. The summed E-state index contributed by atoms with van der Waals surface area (Å²) in [6, 6.07) is 0. The zero-order valence-corrected chi connectivity index (χ0v) is 21.4. The lowest BCUT2D eigenvalue weighted by Gasteiger charge is -2.43. The normalized spacial score (nSPS) is 18.6. The van der Waals surface area contributed by atoms with Gasteiger partial charge in [0.05, 0.1) is 11.0 Å². The molecule has 1 rings (SSSR count). The van der Waals surface area contributed by atoms with E-state index in [9.17, 15) is 9.59 Å². The number of carbonyl (C=O) groups excluding carboxylic acids is 2. The van der Waals surface area contributed by atoms with Crippen molar-refractivity contribution in [3.8, 4) is 0 Å². The van der Waals surface area contributed by atoms with Gasteiger partial charge in [-0.15, -0.1) is 0 Å². The van der Waals surface area contributed by atoms with E-state index in [1.807, 2.05) is 40.7 Å². The number of rotatable bonds is 7. The molecule has 0 saturated carbocycles. The van der Waals surface area contributed by atoms with E-state index in [0.717, 1.165) is 5.57 Å². The Morgan fingerprint density at radius 1 is 1.07 bits per heavy atom. The average Bonchev–Trinajstić information content (AvgIpc) is 2.52. The van der Waals surface area contributed by atoms with E-state index >= 15 is 0 Å². The summed E-state index contributed by atoms with van der Waals surface area (Å²) in [6.45, 7) is 23.3. The number of ketones is 1. The highest BCUT2D eigenvalue weighted by Gasteiger charge is 2.45. The van der Waals surface area contributed by atoms with Crippen molar-refractivity contribution >= 4 is 20.1 Å². The Balaban J connectivity index is 3.21. The molecule has 0 spiro atoms. The molecule has 0 radical (unpaired) electrons. The summed E-state index contributed by atoms with van der Waals surface area (Å²) in [7, 11) is -2.02. The predicted molar refractivity (Wildman–Crippen MR) is 122 cm³/mol. The van der Waals surface area contributed by atoms with Gasteiger partial charge >= 0.3 is 5.97 Å². The van der Waals surface area contributed by atoms with Gasteiger partial charge in [0.1, 0.15) is 5.76 Å². The van der Waals surface area contributed by atoms with Gasteiger partial charge in [-0.05, 0) is 57.3 Å². The van der Waals surface area contributed by atoms with Gasteiger partial charge in [0.2, 0.25) is 0 Å². The topological polar surface area (TPSA) is 52.6 Å². The number of carbonyl (C=O) groups is 2. The summed E-state index contributed by atoms with van der Waals surface area (Å²) in [6.07, 6.45) is 2.34. The fourth-order valence-corrected chi connectivity index (χ4v) is 10.1. The Hall–Kier alpha value is -1.20. The van der Waals surface area contributed by atoms with Crippen LogP contribution in [0.15, 0.2) is 23.0 Å². The van der Waals surface area contributed by atoms with Crippen LogP contribution in [0.3, 0.4) is 0 Å². The van der Waals surface area contributed by atoms with Crippen molar-refractivity contribution in [2.75, 3.05) is 6.61 Å². The molecule has 0 aromatic carbocycles. The Morgan fingerprint density at radius 3 is 1.93 bits per heavy atom. The summed E-state index contributed by atoms with van der Waals surface area (Å²) >= 11 is 0. The van der Waals surface area contributed by atoms with Crippen molar-refractivity contribution in [2.24, 2.45) is 11.3 Å². The second-order valence-corrected chi connectivity index (χ2v) is 16.0. The van der Waals surface area contributed by atoms with Crippen molar-refractivity contribution in [3.05, 3.63) is 23.0 Å². The van der Waals surface area contributed by atoms with Gasteiger partial charge in [-0.3, -0.25) is 9.59 Å². The molecular formula is C24H42O4Si. The second kappa shape index (κ2) is 9.74. The van der Waals surface area contributed by atoms with Gasteiger partial charge in [0.15, 0.2) is 14.1 Å². The first-order chi connectivity index (χ1) is 13.1. The first-order valence-electron chi connectivity index (χ1n) is 10.9. The van der Waals surface area contributed by atoms with E-state index < -0.39 is 13.7 Å². The monoisotopic (exact) mass is 422 g/mol. The van der Waals surface area contributed by atoms with E-state index in [2.05, 4.69) is 41.5 Å². The highest BCUT2D eigenvalue weighted by molar-refractivity contribution is 6.77. The molecule has 1 aliphatic carbocycles. The highest BCUT2D eigenvalue weighted by Crippen LogP contribution is 2.43. The third kappa shape index (κ3) is 5.91. The Kier molecular flexibility index (Phi) is 8.67. The Bertz CT molecular complexity index is 652. The minimum absolute atomic E-state index is 0.0312. The van der Waals surface area contributed by atoms with Crippen LogP contribution >= 0.6 is 0 Å². The molecule has 0 saturated heterocycles. The quantitative estimate of drug-likeness (QED) is 0.264. The van der Waals surface area contributed by atoms with Crippen molar-refractivity contribution in [1.29, 1.82) is 0 Å². The highest BCUT2D eigenvalue weighted by atomic mass is 28.4. The SMILES string of the molecule is CC(C)=C1C(=O)CC(CO[Si](C(C)C)(C(C)C)C(C)C)C=C1OC(=O)C(C)(C)C. The van der Waals surface area contributed by atoms with Crippen LogP contribution in [-0.4, -0.2) is 26.7 Å². The van der Waals surface area contributed by atoms with Crippen LogP contribution in [0.4, 0.5) is 0 Å². The van der Waals surface area contributed by atoms with E-state index in [4.69, 9.17) is 9.16 Å². The first kappa shape index (κ1) is 25.8. The van der Waals surface area contributed by atoms with Crippen LogP contribution in [0.2, 0.25) is 16.6 Å². The number of hydrogen-bond acceptors (Lipinski definition) is 4. The smallest absolute Gasteiger partial charge is 0.316 e. The lowest BCUT2D eigenvalue weighted by Crippen LogP contribution is -2.48. The third-order valence-electron chi connectivity index (χ3n) is 5.93. The van der Waals surface area contributed by atoms with Gasteiger partial charge in [0.25, 0.3) is 0 Å². The molecule has 1 atom stereocenters. The molecule has 29 heavy (non-hydrogen) atoms. The lowest BCUT2D eigenvalue weighted by atomic mass is 9.88. The van der Waals surface area contributed by atoms with Crippen LogP contribution < -0.4 is 0 Å².